The highest BCUT2D eigenvalue weighted by Gasteiger charge is 2.32. The van der Waals surface area contributed by atoms with E-state index in [1.165, 1.54) is 24.1 Å². The van der Waals surface area contributed by atoms with Gasteiger partial charge in [0.25, 0.3) is 0 Å². The van der Waals surface area contributed by atoms with Crippen molar-refractivity contribution >= 4 is 12.0 Å². The minimum Gasteiger partial charge on any atom is -0.385 e. The number of carbonyl (C=O) groups excluding carboxylic acids is 1. The van der Waals surface area contributed by atoms with E-state index < -0.39 is 5.60 Å². The standard InChI is InChI=1S/C25H36N2O2/c1-3-4-5-15-26-17-11-23(12-18-26)20-22-7-9-24(10-8-22)25(29)13-6-16-27(19-14-25)21(2)28/h3,7-10,20,29H,1,4-6,11-19H2,2H3. The summed E-state index contributed by atoms with van der Waals surface area (Å²) < 4.78 is 0. The monoisotopic (exact) mass is 396 g/mol. The Labute approximate surface area is 175 Å². The molecule has 2 saturated heterocycles. The molecule has 0 aliphatic carbocycles. The Morgan fingerprint density at radius 2 is 1.86 bits per heavy atom. The van der Waals surface area contributed by atoms with E-state index in [9.17, 15) is 9.90 Å². The second-order valence-electron chi connectivity index (χ2n) is 8.59. The fraction of sp³-hybridized carbons (Fsp3) is 0.560. The summed E-state index contributed by atoms with van der Waals surface area (Å²) >= 11 is 0. The van der Waals surface area contributed by atoms with E-state index in [0.29, 0.717) is 19.4 Å². The SMILES string of the molecule is C=CCCCN1CCC(=Cc2ccc(C3(O)CCCN(C(C)=O)CC3)cc2)CC1. The van der Waals surface area contributed by atoms with Crippen LogP contribution in [0, 0.1) is 0 Å². The molecule has 0 radical (unpaired) electrons. The number of hydrogen-bond acceptors (Lipinski definition) is 3. The number of rotatable bonds is 6. The minimum absolute atomic E-state index is 0.1000. The first kappa shape index (κ1) is 21.8. The third-order valence-electron chi connectivity index (χ3n) is 6.46. The van der Waals surface area contributed by atoms with Crippen LogP contribution in [0.3, 0.4) is 0 Å². The van der Waals surface area contributed by atoms with E-state index in [1.807, 2.05) is 11.0 Å². The highest BCUT2D eigenvalue weighted by atomic mass is 16.3. The Balaban J connectivity index is 1.57. The van der Waals surface area contributed by atoms with Crippen LogP contribution in [0.5, 0.6) is 0 Å². The molecule has 1 atom stereocenters. The molecule has 4 heteroatoms. The Hall–Kier alpha value is -1.91. The molecule has 0 aromatic heterocycles. The van der Waals surface area contributed by atoms with E-state index >= 15 is 0 Å². The fourth-order valence-corrected chi connectivity index (χ4v) is 4.52. The molecule has 158 valence electrons. The Morgan fingerprint density at radius 3 is 2.52 bits per heavy atom. The summed E-state index contributed by atoms with van der Waals surface area (Å²) in [4.78, 5) is 16.0. The van der Waals surface area contributed by atoms with Crippen LogP contribution in [0.2, 0.25) is 0 Å². The Bertz CT molecular complexity index is 715. The number of carbonyl (C=O) groups is 1. The normalized spacial score (nSPS) is 23.5. The van der Waals surface area contributed by atoms with E-state index in [0.717, 1.165) is 50.9 Å². The first-order chi connectivity index (χ1) is 14.0. The Morgan fingerprint density at radius 1 is 1.14 bits per heavy atom. The van der Waals surface area contributed by atoms with E-state index in [2.05, 4.69) is 41.8 Å². The van der Waals surface area contributed by atoms with E-state index in [1.54, 1.807) is 6.92 Å². The van der Waals surface area contributed by atoms with Crippen LogP contribution < -0.4 is 0 Å². The number of allylic oxidation sites excluding steroid dienone is 1. The van der Waals surface area contributed by atoms with Crippen LogP contribution in [0.1, 0.15) is 63.0 Å². The summed E-state index contributed by atoms with van der Waals surface area (Å²) in [5.74, 6) is 0.1000. The van der Waals surface area contributed by atoms with Gasteiger partial charge < -0.3 is 14.9 Å². The third-order valence-corrected chi connectivity index (χ3v) is 6.46. The molecular formula is C25H36N2O2. The van der Waals surface area contributed by atoms with Crippen molar-refractivity contribution in [2.75, 3.05) is 32.7 Å². The highest BCUT2D eigenvalue weighted by Crippen LogP contribution is 2.33. The van der Waals surface area contributed by atoms with Crippen molar-refractivity contribution in [3.05, 3.63) is 53.6 Å². The third kappa shape index (κ3) is 6.03. The van der Waals surface area contributed by atoms with Gasteiger partial charge in [-0.15, -0.1) is 6.58 Å². The van der Waals surface area contributed by atoms with Gasteiger partial charge in [-0.2, -0.15) is 0 Å². The Kier molecular flexibility index (Phi) is 7.68. The molecule has 1 N–H and O–H groups in total. The average molecular weight is 397 g/mol. The van der Waals surface area contributed by atoms with E-state index in [-0.39, 0.29) is 5.91 Å². The van der Waals surface area contributed by atoms with Gasteiger partial charge in [-0.3, -0.25) is 4.79 Å². The molecule has 3 rings (SSSR count). The highest BCUT2D eigenvalue weighted by molar-refractivity contribution is 5.73. The number of benzene rings is 1. The van der Waals surface area contributed by atoms with E-state index in [4.69, 9.17) is 0 Å². The molecule has 2 aliphatic rings. The summed E-state index contributed by atoms with van der Waals surface area (Å²) in [6.45, 7) is 10.2. The molecule has 4 nitrogen and oxygen atoms in total. The summed E-state index contributed by atoms with van der Waals surface area (Å²) in [5.41, 5.74) is 2.88. The topological polar surface area (TPSA) is 43.8 Å². The number of nitrogens with zero attached hydrogens (tertiary/aromatic N) is 2. The maximum Gasteiger partial charge on any atom is 0.219 e. The quantitative estimate of drug-likeness (QED) is 0.574. The molecule has 2 aliphatic heterocycles. The molecule has 2 heterocycles. The number of likely N-dealkylation sites (tertiary alicyclic amines) is 2. The first-order valence-corrected chi connectivity index (χ1v) is 11.1. The first-order valence-electron chi connectivity index (χ1n) is 11.1. The van der Waals surface area contributed by atoms with Crippen LogP contribution in [0.15, 0.2) is 42.5 Å². The predicted octanol–water partition coefficient (Wildman–Crippen LogP) is 4.35. The molecule has 29 heavy (non-hydrogen) atoms. The average Bonchev–Trinajstić information content (AvgIpc) is 2.93. The largest absolute Gasteiger partial charge is 0.385 e. The lowest BCUT2D eigenvalue weighted by atomic mass is 9.86. The van der Waals surface area contributed by atoms with Crippen LogP contribution in [-0.2, 0) is 10.4 Å². The number of amides is 1. The molecule has 0 saturated carbocycles. The van der Waals surface area contributed by atoms with Gasteiger partial charge in [-0.1, -0.05) is 42.0 Å². The second kappa shape index (κ2) is 10.2. The lowest BCUT2D eigenvalue weighted by Gasteiger charge is -2.28. The number of piperidine rings is 1. The van der Waals surface area contributed by atoms with Crippen molar-refractivity contribution in [3.8, 4) is 0 Å². The van der Waals surface area contributed by atoms with Gasteiger partial charge in [0.1, 0.15) is 0 Å². The minimum atomic E-state index is -0.827. The van der Waals surface area contributed by atoms with Gasteiger partial charge in [0, 0.05) is 33.1 Å². The molecule has 1 aromatic rings. The van der Waals surface area contributed by atoms with Crippen molar-refractivity contribution in [2.24, 2.45) is 0 Å². The van der Waals surface area contributed by atoms with Gasteiger partial charge in [0.05, 0.1) is 5.60 Å². The van der Waals surface area contributed by atoms with Crippen LogP contribution >= 0.6 is 0 Å². The maximum absolute atomic E-state index is 11.6. The summed E-state index contributed by atoms with van der Waals surface area (Å²) in [6.07, 6.45) is 11.1. The predicted molar refractivity (Wildman–Crippen MR) is 120 cm³/mol. The lowest BCUT2D eigenvalue weighted by Crippen LogP contribution is -2.32. The summed E-state index contributed by atoms with van der Waals surface area (Å²) in [7, 11) is 0. The zero-order valence-corrected chi connectivity index (χ0v) is 17.9. The van der Waals surface area contributed by atoms with Gasteiger partial charge in [0.2, 0.25) is 5.91 Å². The summed E-state index contributed by atoms with van der Waals surface area (Å²) in [5, 5.41) is 11.2. The molecule has 0 spiro atoms. The molecule has 0 bridgehead atoms. The van der Waals surface area contributed by atoms with Crippen molar-refractivity contribution in [1.82, 2.24) is 9.80 Å². The number of aliphatic hydroxyl groups is 1. The molecule has 1 amide bonds. The number of hydrogen-bond donors (Lipinski definition) is 1. The lowest BCUT2D eigenvalue weighted by molar-refractivity contribution is -0.128. The van der Waals surface area contributed by atoms with Crippen LogP contribution in [-0.4, -0.2) is 53.5 Å². The molecule has 2 fully saturated rings. The number of unbranched alkanes of at least 4 members (excludes halogenated alkanes) is 1. The molecular weight excluding hydrogens is 360 g/mol. The van der Waals surface area contributed by atoms with Gasteiger partial charge in [-0.25, -0.2) is 0 Å². The van der Waals surface area contributed by atoms with Crippen molar-refractivity contribution in [2.45, 2.75) is 57.5 Å². The summed E-state index contributed by atoms with van der Waals surface area (Å²) in [6, 6.07) is 8.40. The molecule has 1 unspecified atom stereocenters. The van der Waals surface area contributed by atoms with Crippen molar-refractivity contribution < 1.29 is 9.90 Å². The fourth-order valence-electron chi connectivity index (χ4n) is 4.52. The zero-order valence-electron chi connectivity index (χ0n) is 17.9. The van der Waals surface area contributed by atoms with Gasteiger partial charge in [0.15, 0.2) is 0 Å². The molecule has 1 aromatic carbocycles. The maximum atomic E-state index is 11.6. The van der Waals surface area contributed by atoms with Crippen LogP contribution in [0.4, 0.5) is 0 Å². The van der Waals surface area contributed by atoms with Gasteiger partial charge in [-0.05, 0) is 62.6 Å². The zero-order chi connectivity index (χ0) is 20.7. The second-order valence-corrected chi connectivity index (χ2v) is 8.59. The van der Waals surface area contributed by atoms with Crippen LogP contribution in [0.25, 0.3) is 6.08 Å². The smallest absolute Gasteiger partial charge is 0.219 e. The van der Waals surface area contributed by atoms with Crippen molar-refractivity contribution in [1.29, 1.82) is 0 Å². The van der Waals surface area contributed by atoms with Crippen molar-refractivity contribution in [3.63, 3.8) is 0 Å². The van der Waals surface area contributed by atoms with Gasteiger partial charge >= 0.3 is 0 Å².